The normalized spacial score (nSPS) is 11.9. The van der Waals surface area contributed by atoms with E-state index in [1.807, 2.05) is 43.6 Å². The van der Waals surface area contributed by atoms with Crippen molar-refractivity contribution in [3.63, 3.8) is 0 Å². The Hall–Kier alpha value is -2.86. The van der Waals surface area contributed by atoms with Crippen molar-refractivity contribution < 1.29 is 23.8 Å². The van der Waals surface area contributed by atoms with Crippen molar-refractivity contribution in [2.75, 3.05) is 14.2 Å². The Morgan fingerprint density at radius 1 is 1.03 bits per heavy atom. The van der Waals surface area contributed by atoms with Crippen molar-refractivity contribution in [3.8, 4) is 17.2 Å². The van der Waals surface area contributed by atoms with E-state index in [4.69, 9.17) is 9.47 Å². The van der Waals surface area contributed by atoms with Crippen LogP contribution in [0.15, 0.2) is 48.8 Å². The maximum absolute atomic E-state index is 11.3. The fraction of sp³-hybridized carbons (Fsp3) is 0.190. The summed E-state index contributed by atoms with van der Waals surface area (Å²) in [7, 11) is -0.910. The largest absolute Gasteiger partial charge is 0.493 e. The fourth-order valence-electron chi connectivity index (χ4n) is 3.58. The maximum Gasteiger partial charge on any atom is 0.329 e. The minimum atomic E-state index is -4.10. The molecule has 0 aliphatic rings. The summed E-state index contributed by atoms with van der Waals surface area (Å²) < 4.78 is 24.2. The van der Waals surface area contributed by atoms with Crippen LogP contribution in [0.5, 0.6) is 11.5 Å². The molecule has 4 aromatic rings. The molecule has 0 unspecified atom stereocenters. The molecule has 2 heterocycles. The van der Waals surface area contributed by atoms with E-state index in [-0.39, 0.29) is 6.16 Å². The van der Waals surface area contributed by atoms with Crippen LogP contribution in [-0.4, -0.2) is 33.6 Å². The van der Waals surface area contributed by atoms with Crippen LogP contribution in [0.1, 0.15) is 11.1 Å². The Labute approximate surface area is 167 Å². The molecule has 0 aliphatic carbocycles. The maximum atomic E-state index is 11.3. The number of methoxy groups -OCH3 is 2. The lowest BCUT2D eigenvalue weighted by Crippen LogP contribution is -1.96. The number of fused-ring (bicyclic) bond motifs is 3. The molecule has 0 amide bonds. The van der Waals surface area contributed by atoms with Gasteiger partial charge < -0.3 is 23.8 Å². The van der Waals surface area contributed by atoms with E-state index in [2.05, 4.69) is 9.55 Å². The highest BCUT2D eigenvalue weighted by Crippen LogP contribution is 2.40. The molecule has 0 radical (unpaired) electrons. The van der Waals surface area contributed by atoms with Crippen molar-refractivity contribution >= 4 is 29.4 Å². The molecule has 0 saturated carbocycles. The van der Waals surface area contributed by atoms with E-state index in [9.17, 15) is 14.4 Å². The standard InChI is InChI=1S/C21H21N2O5P/c1-13-11-23(15-6-4-14(5-7-15)12-29(24,25)26)21-16-8-19(27-2)20(28-3)9-18(16)22-10-17(13)21/h4-11H,12H2,1-3H3,(H2,24,25,26). The van der Waals surface area contributed by atoms with Gasteiger partial charge in [0.2, 0.25) is 0 Å². The third-order valence-corrected chi connectivity index (χ3v) is 5.71. The van der Waals surface area contributed by atoms with E-state index >= 15 is 0 Å². The quantitative estimate of drug-likeness (QED) is 0.478. The van der Waals surface area contributed by atoms with Crippen molar-refractivity contribution in [3.05, 3.63) is 59.9 Å². The number of aryl methyl sites for hydroxylation is 1. The van der Waals surface area contributed by atoms with Crippen molar-refractivity contribution in [2.24, 2.45) is 0 Å². The van der Waals surface area contributed by atoms with E-state index in [0.717, 1.165) is 33.1 Å². The van der Waals surface area contributed by atoms with Crippen LogP contribution in [0.2, 0.25) is 0 Å². The van der Waals surface area contributed by atoms with Gasteiger partial charge in [-0.2, -0.15) is 0 Å². The zero-order valence-corrected chi connectivity index (χ0v) is 17.2. The summed E-state index contributed by atoms with van der Waals surface area (Å²) in [6.07, 6.45) is 3.60. The first kappa shape index (κ1) is 19.5. The molecular weight excluding hydrogens is 391 g/mol. The summed E-state index contributed by atoms with van der Waals surface area (Å²) in [4.78, 5) is 23.0. The first-order valence-corrected chi connectivity index (χ1v) is 10.8. The Morgan fingerprint density at radius 3 is 2.31 bits per heavy atom. The zero-order chi connectivity index (χ0) is 20.8. The van der Waals surface area contributed by atoms with Gasteiger partial charge in [-0.05, 0) is 36.2 Å². The first-order valence-electron chi connectivity index (χ1n) is 8.97. The number of ether oxygens (including phenoxy) is 2. The molecule has 29 heavy (non-hydrogen) atoms. The zero-order valence-electron chi connectivity index (χ0n) is 16.3. The van der Waals surface area contributed by atoms with Gasteiger partial charge in [0, 0.05) is 34.9 Å². The molecule has 4 rings (SSSR count). The molecule has 0 atom stereocenters. The third-order valence-electron chi connectivity index (χ3n) is 4.94. The van der Waals surface area contributed by atoms with Gasteiger partial charge in [-0.1, -0.05) is 12.1 Å². The van der Waals surface area contributed by atoms with E-state index in [1.54, 1.807) is 26.4 Å². The molecule has 2 aromatic heterocycles. The van der Waals surface area contributed by atoms with Crippen LogP contribution in [0.4, 0.5) is 0 Å². The van der Waals surface area contributed by atoms with E-state index in [1.165, 1.54) is 0 Å². The number of rotatable bonds is 5. The number of pyridine rings is 1. The summed E-state index contributed by atoms with van der Waals surface area (Å²) in [5, 5.41) is 1.94. The van der Waals surface area contributed by atoms with E-state index < -0.39 is 7.60 Å². The van der Waals surface area contributed by atoms with Gasteiger partial charge in [0.1, 0.15) is 0 Å². The minimum absolute atomic E-state index is 0.275. The molecular formula is C21H21N2O5P. The predicted molar refractivity (Wildman–Crippen MR) is 112 cm³/mol. The number of hydrogen-bond acceptors (Lipinski definition) is 4. The highest BCUT2D eigenvalue weighted by atomic mass is 31.2. The van der Waals surface area contributed by atoms with Crippen LogP contribution in [0.3, 0.4) is 0 Å². The Balaban J connectivity index is 1.93. The monoisotopic (exact) mass is 412 g/mol. The van der Waals surface area contributed by atoms with Crippen LogP contribution in [0.25, 0.3) is 27.5 Å². The van der Waals surface area contributed by atoms with Gasteiger partial charge in [0.05, 0.1) is 31.4 Å². The molecule has 0 spiro atoms. The second-order valence-electron chi connectivity index (χ2n) is 6.92. The summed E-state index contributed by atoms with van der Waals surface area (Å²) in [6, 6.07) is 11.0. The Morgan fingerprint density at radius 2 is 1.69 bits per heavy atom. The molecule has 8 heteroatoms. The van der Waals surface area contributed by atoms with Crippen LogP contribution in [0, 0.1) is 6.92 Å². The highest BCUT2D eigenvalue weighted by molar-refractivity contribution is 7.50. The van der Waals surface area contributed by atoms with Crippen molar-refractivity contribution in [2.45, 2.75) is 13.1 Å². The smallest absolute Gasteiger partial charge is 0.329 e. The lowest BCUT2D eigenvalue weighted by molar-refractivity contribution is 0.356. The van der Waals surface area contributed by atoms with Gasteiger partial charge in [0.25, 0.3) is 0 Å². The number of benzene rings is 2. The summed E-state index contributed by atoms with van der Waals surface area (Å²) >= 11 is 0. The van der Waals surface area contributed by atoms with Crippen molar-refractivity contribution in [1.82, 2.24) is 9.55 Å². The van der Waals surface area contributed by atoms with E-state index in [0.29, 0.717) is 17.1 Å². The summed E-state index contributed by atoms with van der Waals surface area (Å²) in [6.45, 7) is 2.02. The Kier molecular flexibility index (Phi) is 4.82. The third kappa shape index (κ3) is 3.60. The average Bonchev–Trinajstić information content (AvgIpc) is 3.03. The van der Waals surface area contributed by atoms with Gasteiger partial charge >= 0.3 is 7.60 Å². The lowest BCUT2D eigenvalue weighted by Gasteiger charge is -2.12. The summed E-state index contributed by atoms with van der Waals surface area (Å²) in [5.41, 5.74) is 4.32. The molecule has 2 N–H and O–H groups in total. The number of nitrogens with zero attached hydrogens (tertiary/aromatic N) is 2. The highest BCUT2D eigenvalue weighted by Gasteiger charge is 2.16. The minimum Gasteiger partial charge on any atom is -0.493 e. The van der Waals surface area contributed by atoms with Crippen molar-refractivity contribution in [1.29, 1.82) is 0 Å². The Bertz CT molecular complexity index is 1260. The van der Waals surface area contributed by atoms with Gasteiger partial charge in [0.15, 0.2) is 11.5 Å². The van der Waals surface area contributed by atoms with Crippen LogP contribution in [-0.2, 0) is 10.7 Å². The molecule has 7 nitrogen and oxygen atoms in total. The predicted octanol–water partition coefficient (Wildman–Crippen LogP) is 4.18. The van der Waals surface area contributed by atoms with Crippen LogP contribution >= 0.6 is 7.60 Å². The second-order valence-corrected chi connectivity index (χ2v) is 8.56. The number of aromatic nitrogens is 2. The second kappa shape index (κ2) is 7.19. The SMILES string of the molecule is COc1cc2ncc3c(C)cn(-c4ccc(CP(=O)(O)O)cc4)c3c2cc1OC. The lowest BCUT2D eigenvalue weighted by atomic mass is 10.1. The molecule has 2 aromatic carbocycles. The summed E-state index contributed by atoms with van der Waals surface area (Å²) in [5.74, 6) is 1.24. The molecule has 0 saturated heterocycles. The van der Waals surface area contributed by atoms with Gasteiger partial charge in [-0.15, -0.1) is 0 Å². The first-order chi connectivity index (χ1) is 13.8. The molecule has 0 bridgehead atoms. The average molecular weight is 412 g/mol. The molecule has 150 valence electrons. The fourth-order valence-corrected chi connectivity index (χ4v) is 4.27. The molecule has 0 fully saturated rings. The molecule has 0 aliphatic heterocycles. The van der Waals surface area contributed by atoms with Gasteiger partial charge in [-0.25, -0.2) is 0 Å². The topological polar surface area (TPSA) is 93.8 Å². The number of hydrogen-bond donors (Lipinski definition) is 2. The van der Waals surface area contributed by atoms with Gasteiger partial charge in [-0.3, -0.25) is 9.55 Å². The van der Waals surface area contributed by atoms with Crippen LogP contribution < -0.4 is 9.47 Å².